The number of halogens is 1. The van der Waals surface area contributed by atoms with Crippen molar-refractivity contribution in [2.24, 2.45) is 11.8 Å². The van der Waals surface area contributed by atoms with E-state index in [1.54, 1.807) is 12.1 Å². The molecule has 0 unspecified atom stereocenters. The average molecular weight is 251 g/mol. The number of carboxylic acid groups (broad SMARTS) is 1. The molecule has 1 amide bonds. The summed E-state index contributed by atoms with van der Waals surface area (Å²) in [6.07, 6.45) is 0.953. The van der Waals surface area contributed by atoms with Crippen molar-refractivity contribution in [1.82, 2.24) is 5.32 Å². The highest BCUT2D eigenvalue weighted by Crippen LogP contribution is 2.38. The largest absolute Gasteiger partial charge is 0.481 e. The van der Waals surface area contributed by atoms with Gasteiger partial charge in [0.05, 0.1) is 11.8 Å². The third-order valence-electron chi connectivity index (χ3n) is 3.05. The minimum absolute atomic E-state index is 0.223. The molecule has 1 aromatic rings. The van der Waals surface area contributed by atoms with Crippen LogP contribution in [0.2, 0.25) is 0 Å². The van der Waals surface area contributed by atoms with Gasteiger partial charge in [0, 0.05) is 6.54 Å². The van der Waals surface area contributed by atoms with Gasteiger partial charge in [-0.05, 0) is 30.5 Å². The number of rotatable bonds is 5. The van der Waals surface area contributed by atoms with E-state index in [2.05, 4.69) is 5.32 Å². The average Bonchev–Trinajstić information content (AvgIpc) is 3.09. The molecule has 0 aromatic heterocycles. The highest BCUT2D eigenvalue weighted by Gasteiger charge is 2.48. The van der Waals surface area contributed by atoms with Gasteiger partial charge in [-0.15, -0.1) is 0 Å². The van der Waals surface area contributed by atoms with Crippen LogP contribution in [-0.4, -0.2) is 23.5 Å². The first-order valence-corrected chi connectivity index (χ1v) is 5.83. The van der Waals surface area contributed by atoms with Gasteiger partial charge in [-0.2, -0.15) is 0 Å². The predicted octanol–water partition coefficient (Wildman–Crippen LogP) is 1.21. The fourth-order valence-corrected chi connectivity index (χ4v) is 1.91. The summed E-state index contributed by atoms with van der Waals surface area (Å²) in [4.78, 5) is 22.1. The zero-order valence-electron chi connectivity index (χ0n) is 9.73. The summed E-state index contributed by atoms with van der Waals surface area (Å²) < 4.78 is 12.9. The molecular weight excluding hydrogens is 237 g/mol. The molecule has 0 aliphatic heterocycles. The maximum Gasteiger partial charge on any atom is 0.307 e. The quantitative estimate of drug-likeness (QED) is 0.826. The van der Waals surface area contributed by atoms with Crippen molar-refractivity contribution in [2.75, 3.05) is 6.54 Å². The maximum atomic E-state index is 12.9. The van der Waals surface area contributed by atoms with Gasteiger partial charge in [-0.1, -0.05) is 12.1 Å². The Balaban J connectivity index is 1.73. The van der Waals surface area contributed by atoms with Gasteiger partial charge in [0.2, 0.25) is 5.91 Å². The molecular formula is C13H14FNO3. The second kappa shape index (κ2) is 5.16. The molecule has 0 radical (unpaired) electrons. The highest BCUT2D eigenvalue weighted by molar-refractivity contribution is 5.89. The topological polar surface area (TPSA) is 66.4 Å². The molecule has 1 aliphatic rings. The van der Waals surface area contributed by atoms with Crippen molar-refractivity contribution in [2.45, 2.75) is 12.8 Å². The monoisotopic (exact) mass is 251 g/mol. The molecule has 0 heterocycles. The molecule has 2 rings (SSSR count). The van der Waals surface area contributed by atoms with E-state index < -0.39 is 17.8 Å². The Hall–Kier alpha value is -1.91. The van der Waals surface area contributed by atoms with Crippen molar-refractivity contribution in [3.63, 3.8) is 0 Å². The molecule has 0 saturated heterocycles. The zero-order chi connectivity index (χ0) is 13.1. The number of benzene rings is 1. The van der Waals surface area contributed by atoms with Gasteiger partial charge in [0.1, 0.15) is 5.82 Å². The van der Waals surface area contributed by atoms with Crippen molar-refractivity contribution in [3.8, 4) is 0 Å². The number of aliphatic carboxylic acids is 1. The standard InChI is InChI=1S/C13H14FNO3/c14-9-3-1-2-8(6-9)4-5-15-12(16)10-7-11(10)13(17)18/h1-3,6,10-11H,4-5,7H2,(H,15,16)(H,17,18)/t10-,11-/m0/s1. The van der Waals surface area contributed by atoms with Crippen LogP contribution in [0.5, 0.6) is 0 Å². The highest BCUT2D eigenvalue weighted by atomic mass is 19.1. The normalized spacial score (nSPS) is 21.4. The molecule has 0 bridgehead atoms. The number of hydrogen-bond acceptors (Lipinski definition) is 2. The van der Waals surface area contributed by atoms with E-state index >= 15 is 0 Å². The number of hydrogen-bond donors (Lipinski definition) is 2. The number of carbonyl (C=O) groups excluding carboxylic acids is 1. The fourth-order valence-electron chi connectivity index (χ4n) is 1.91. The third-order valence-corrected chi connectivity index (χ3v) is 3.05. The lowest BCUT2D eigenvalue weighted by Crippen LogP contribution is -2.28. The molecule has 2 atom stereocenters. The summed E-state index contributed by atoms with van der Waals surface area (Å²) >= 11 is 0. The van der Waals surface area contributed by atoms with Crippen molar-refractivity contribution in [1.29, 1.82) is 0 Å². The summed E-state index contributed by atoms with van der Waals surface area (Å²) in [5.74, 6) is -2.36. The molecule has 18 heavy (non-hydrogen) atoms. The molecule has 5 heteroatoms. The zero-order valence-corrected chi connectivity index (χ0v) is 9.73. The molecule has 96 valence electrons. The fraction of sp³-hybridized carbons (Fsp3) is 0.385. The molecule has 1 fully saturated rings. The van der Waals surface area contributed by atoms with Crippen LogP contribution in [0.1, 0.15) is 12.0 Å². The van der Waals surface area contributed by atoms with Crippen molar-refractivity contribution >= 4 is 11.9 Å². The molecule has 2 N–H and O–H groups in total. The Morgan fingerprint density at radius 2 is 2.17 bits per heavy atom. The van der Waals surface area contributed by atoms with Crippen LogP contribution in [0.3, 0.4) is 0 Å². The van der Waals surface area contributed by atoms with E-state index in [1.165, 1.54) is 12.1 Å². The summed E-state index contributed by atoms with van der Waals surface area (Å²) in [6, 6.07) is 6.19. The van der Waals surface area contributed by atoms with Crippen LogP contribution in [0.4, 0.5) is 4.39 Å². The second-order valence-electron chi connectivity index (χ2n) is 4.46. The Morgan fingerprint density at radius 1 is 1.39 bits per heavy atom. The first kappa shape index (κ1) is 12.5. The summed E-state index contributed by atoms with van der Waals surface area (Å²) in [5, 5.41) is 11.4. The first-order chi connectivity index (χ1) is 8.58. The van der Waals surface area contributed by atoms with E-state index in [9.17, 15) is 14.0 Å². The van der Waals surface area contributed by atoms with Gasteiger partial charge in [-0.3, -0.25) is 9.59 Å². The summed E-state index contributed by atoms with van der Waals surface area (Å²) in [7, 11) is 0. The van der Waals surface area contributed by atoms with Crippen molar-refractivity contribution in [3.05, 3.63) is 35.6 Å². The third kappa shape index (κ3) is 3.06. The number of carbonyl (C=O) groups is 2. The van der Waals surface area contributed by atoms with Gasteiger partial charge in [0.15, 0.2) is 0 Å². The molecule has 0 spiro atoms. The van der Waals surface area contributed by atoms with Gasteiger partial charge in [-0.25, -0.2) is 4.39 Å². The van der Waals surface area contributed by atoms with E-state index in [1.807, 2.05) is 0 Å². The van der Waals surface area contributed by atoms with E-state index in [0.717, 1.165) is 5.56 Å². The summed E-state index contributed by atoms with van der Waals surface area (Å²) in [5.41, 5.74) is 0.806. The molecule has 1 aromatic carbocycles. The van der Waals surface area contributed by atoms with Crippen molar-refractivity contribution < 1.29 is 19.1 Å². The minimum Gasteiger partial charge on any atom is -0.481 e. The minimum atomic E-state index is -0.916. The smallest absolute Gasteiger partial charge is 0.307 e. The first-order valence-electron chi connectivity index (χ1n) is 5.83. The Labute approximate surface area is 104 Å². The van der Waals surface area contributed by atoms with Gasteiger partial charge in [0.25, 0.3) is 0 Å². The second-order valence-corrected chi connectivity index (χ2v) is 4.46. The Morgan fingerprint density at radius 3 is 2.78 bits per heavy atom. The van der Waals surface area contributed by atoms with Crippen LogP contribution >= 0.6 is 0 Å². The predicted molar refractivity (Wildman–Crippen MR) is 62.3 cm³/mol. The van der Waals surface area contributed by atoms with Crippen LogP contribution in [0.15, 0.2) is 24.3 Å². The van der Waals surface area contributed by atoms with Crippen LogP contribution in [0.25, 0.3) is 0 Å². The lowest BCUT2D eigenvalue weighted by Gasteiger charge is -2.04. The maximum absolute atomic E-state index is 12.9. The Kier molecular flexibility index (Phi) is 3.60. The van der Waals surface area contributed by atoms with E-state index in [0.29, 0.717) is 19.4 Å². The lowest BCUT2D eigenvalue weighted by molar-refractivity contribution is -0.140. The van der Waals surface area contributed by atoms with E-state index in [4.69, 9.17) is 5.11 Å². The van der Waals surface area contributed by atoms with Gasteiger partial charge >= 0.3 is 5.97 Å². The van der Waals surface area contributed by atoms with E-state index in [-0.39, 0.29) is 11.7 Å². The number of carboxylic acids is 1. The molecule has 1 saturated carbocycles. The van der Waals surface area contributed by atoms with Crippen LogP contribution in [-0.2, 0) is 16.0 Å². The summed E-state index contributed by atoms with van der Waals surface area (Å²) in [6.45, 7) is 0.394. The number of amides is 1. The SMILES string of the molecule is O=C(O)[C@H]1C[C@@H]1C(=O)NCCc1cccc(F)c1. The molecule has 1 aliphatic carbocycles. The van der Waals surface area contributed by atoms with Crippen LogP contribution in [0, 0.1) is 17.7 Å². The molecule has 4 nitrogen and oxygen atoms in total. The Bertz CT molecular complexity index is 475. The van der Waals surface area contributed by atoms with Gasteiger partial charge < -0.3 is 10.4 Å². The number of nitrogens with one attached hydrogen (secondary N) is 1. The lowest BCUT2D eigenvalue weighted by atomic mass is 10.1. The van der Waals surface area contributed by atoms with Crippen LogP contribution < -0.4 is 5.32 Å².